The number of ether oxygens (including phenoxy) is 1. The van der Waals surface area contributed by atoms with Crippen LogP contribution in [0, 0.1) is 5.41 Å². The predicted molar refractivity (Wildman–Crippen MR) is 84.6 cm³/mol. The number of urea groups is 1. The Bertz CT molecular complexity index is 532. The van der Waals surface area contributed by atoms with Crippen molar-refractivity contribution in [1.82, 2.24) is 15.2 Å². The van der Waals surface area contributed by atoms with Gasteiger partial charge in [0.1, 0.15) is 0 Å². The first-order valence-electron chi connectivity index (χ1n) is 8.19. The van der Waals surface area contributed by atoms with Gasteiger partial charge in [-0.3, -0.25) is 4.98 Å². The molecule has 1 atom stereocenters. The number of nitrogens with zero attached hydrogens (tertiary/aromatic N) is 2. The first-order valence-corrected chi connectivity index (χ1v) is 8.19. The van der Waals surface area contributed by atoms with E-state index in [1.165, 1.54) is 5.56 Å². The summed E-state index contributed by atoms with van der Waals surface area (Å²) in [6, 6.07) is 2.06. The summed E-state index contributed by atoms with van der Waals surface area (Å²) in [4.78, 5) is 18.5. The molecule has 0 aliphatic carbocycles. The molecule has 0 aromatic carbocycles. The summed E-state index contributed by atoms with van der Waals surface area (Å²) in [6.45, 7) is 7.55. The summed E-state index contributed by atoms with van der Waals surface area (Å²) in [5, 5.41) is 3.12. The highest BCUT2D eigenvalue weighted by Crippen LogP contribution is 2.39. The molecule has 1 unspecified atom stereocenters. The maximum Gasteiger partial charge on any atom is 0.317 e. The summed E-state index contributed by atoms with van der Waals surface area (Å²) < 4.78 is 5.42. The number of hydrogen-bond acceptors (Lipinski definition) is 3. The van der Waals surface area contributed by atoms with Crippen molar-refractivity contribution >= 4 is 6.03 Å². The standard InChI is InChI=1S/C17H25N3O2/c1-3-14-10-18-7-4-15(14)13(2)19-16(21)20-11-17(12-20)5-8-22-9-6-17/h4,7,10,13H,3,5-6,8-9,11-12H2,1-2H3,(H,19,21). The topological polar surface area (TPSA) is 54.5 Å². The molecule has 0 radical (unpaired) electrons. The van der Waals surface area contributed by atoms with Crippen LogP contribution in [0.3, 0.4) is 0 Å². The lowest BCUT2D eigenvalue weighted by Gasteiger charge is -2.52. The molecule has 1 aromatic heterocycles. The summed E-state index contributed by atoms with van der Waals surface area (Å²) in [5.74, 6) is 0. The maximum absolute atomic E-state index is 12.4. The average molecular weight is 303 g/mol. The molecule has 5 heteroatoms. The molecule has 3 rings (SSSR count). The van der Waals surface area contributed by atoms with E-state index >= 15 is 0 Å². The average Bonchev–Trinajstić information content (AvgIpc) is 2.53. The normalized spacial score (nSPS) is 21.3. The summed E-state index contributed by atoms with van der Waals surface area (Å²) in [7, 11) is 0. The second-order valence-electron chi connectivity index (χ2n) is 6.57. The molecule has 2 amide bonds. The van der Waals surface area contributed by atoms with Crippen LogP contribution in [-0.2, 0) is 11.2 Å². The van der Waals surface area contributed by atoms with E-state index < -0.39 is 0 Å². The third kappa shape index (κ3) is 2.95. The van der Waals surface area contributed by atoms with Crippen LogP contribution in [0.5, 0.6) is 0 Å². The molecule has 3 heterocycles. The molecule has 1 N–H and O–H groups in total. The van der Waals surface area contributed by atoms with E-state index in [1.807, 2.05) is 24.1 Å². The zero-order valence-corrected chi connectivity index (χ0v) is 13.5. The number of amides is 2. The molecule has 22 heavy (non-hydrogen) atoms. The molecule has 5 nitrogen and oxygen atoms in total. The van der Waals surface area contributed by atoms with Crippen LogP contribution >= 0.6 is 0 Å². The third-order valence-corrected chi connectivity index (χ3v) is 5.02. The molecular weight excluding hydrogens is 278 g/mol. The zero-order chi connectivity index (χ0) is 15.6. The van der Waals surface area contributed by atoms with Crippen molar-refractivity contribution in [1.29, 1.82) is 0 Å². The summed E-state index contributed by atoms with van der Waals surface area (Å²) in [5.41, 5.74) is 2.68. The summed E-state index contributed by atoms with van der Waals surface area (Å²) >= 11 is 0. The van der Waals surface area contributed by atoms with Crippen LogP contribution < -0.4 is 5.32 Å². The Morgan fingerprint density at radius 2 is 2.18 bits per heavy atom. The molecule has 0 bridgehead atoms. The number of pyridine rings is 1. The maximum atomic E-state index is 12.4. The number of hydrogen-bond donors (Lipinski definition) is 1. The fourth-order valence-corrected chi connectivity index (χ4v) is 3.54. The Balaban J connectivity index is 1.56. The lowest BCUT2D eigenvalue weighted by Crippen LogP contribution is -2.62. The van der Waals surface area contributed by atoms with E-state index in [4.69, 9.17) is 4.74 Å². The van der Waals surface area contributed by atoms with Crippen molar-refractivity contribution in [3.8, 4) is 0 Å². The van der Waals surface area contributed by atoms with Crippen LogP contribution in [0.15, 0.2) is 18.5 Å². The Morgan fingerprint density at radius 1 is 1.45 bits per heavy atom. The number of carbonyl (C=O) groups excluding carboxylic acids is 1. The van der Waals surface area contributed by atoms with Gasteiger partial charge in [-0.1, -0.05) is 6.92 Å². The largest absolute Gasteiger partial charge is 0.381 e. The van der Waals surface area contributed by atoms with Crippen molar-refractivity contribution in [3.63, 3.8) is 0 Å². The van der Waals surface area contributed by atoms with Gasteiger partial charge in [-0.25, -0.2) is 4.79 Å². The molecule has 1 aromatic rings. The molecule has 2 saturated heterocycles. The minimum atomic E-state index is 0.0108. The Kier molecular flexibility index (Phi) is 4.34. The molecule has 120 valence electrons. The SMILES string of the molecule is CCc1cnccc1C(C)NC(=O)N1CC2(CCOCC2)C1. The molecule has 2 fully saturated rings. The lowest BCUT2D eigenvalue weighted by atomic mass is 9.73. The van der Waals surface area contributed by atoms with Crippen molar-refractivity contribution < 1.29 is 9.53 Å². The van der Waals surface area contributed by atoms with Gasteiger partial charge in [-0.05, 0) is 43.4 Å². The molecule has 2 aliphatic heterocycles. The summed E-state index contributed by atoms with van der Waals surface area (Å²) in [6.07, 6.45) is 6.76. The highest BCUT2D eigenvalue weighted by molar-refractivity contribution is 5.76. The fourth-order valence-electron chi connectivity index (χ4n) is 3.54. The van der Waals surface area contributed by atoms with Crippen LogP contribution in [0.4, 0.5) is 4.79 Å². The van der Waals surface area contributed by atoms with E-state index in [0.717, 1.165) is 51.1 Å². The Labute approximate surface area is 132 Å². The first-order chi connectivity index (χ1) is 10.6. The highest BCUT2D eigenvalue weighted by atomic mass is 16.5. The fraction of sp³-hybridized carbons (Fsp3) is 0.647. The number of aromatic nitrogens is 1. The third-order valence-electron chi connectivity index (χ3n) is 5.02. The van der Waals surface area contributed by atoms with Crippen molar-refractivity contribution in [3.05, 3.63) is 29.6 Å². The van der Waals surface area contributed by atoms with Crippen molar-refractivity contribution in [2.24, 2.45) is 5.41 Å². The number of aryl methyl sites for hydroxylation is 1. The zero-order valence-electron chi connectivity index (χ0n) is 13.5. The number of likely N-dealkylation sites (tertiary alicyclic amines) is 1. The highest BCUT2D eigenvalue weighted by Gasteiger charge is 2.45. The quantitative estimate of drug-likeness (QED) is 0.933. The van der Waals surface area contributed by atoms with Crippen molar-refractivity contribution in [2.45, 2.75) is 39.2 Å². The number of rotatable bonds is 3. The van der Waals surface area contributed by atoms with Crippen LogP contribution in [0.1, 0.15) is 43.9 Å². The van der Waals surface area contributed by atoms with Gasteiger partial charge in [0.2, 0.25) is 0 Å². The molecule has 1 spiro atoms. The van der Waals surface area contributed by atoms with Gasteiger partial charge in [-0.15, -0.1) is 0 Å². The van der Waals surface area contributed by atoms with E-state index in [-0.39, 0.29) is 12.1 Å². The second kappa shape index (κ2) is 6.24. The van der Waals surface area contributed by atoms with Crippen LogP contribution in [0.25, 0.3) is 0 Å². The van der Waals surface area contributed by atoms with E-state index in [9.17, 15) is 4.79 Å². The van der Waals surface area contributed by atoms with Gasteiger partial charge in [0.15, 0.2) is 0 Å². The van der Waals surface area contributed by atoms with E-state index in [1.54, 1.807) is 6.20 Å². The van der Waals surface area contributed by atoms with E-state index in [0.29, 0.717) is 5.41 Å². The van der Waals surface area contributed by atoms with Gasteiger partial charge >= 0.3 is 6.03 Å². The van der Waals surface area contributed by atoms with Gasteiger partial charge in [0, 0.05) is 44.1 Å². The van der Waals surface area contributed by atoms with Gasteiger partial charge in [0.25, 0.3) is 0 Å². The van der Waals surface area contributed by atoms with Crippen LogP contribution in [0.2, 0.25) is 0 Å². The minimum Gasteiger partial charge on any atom is -0.381 e. The monoisotopic (exact) mass is 303 g/mol. The Hall–Kier alpha value is -1.62. The first kappa shape index (κ1) is 15.3. The number of carbonyl (C=O) groups is 1. The van der Waals surface area contributed by atoms with Gasteiger partial charge in [-0.2, -0.15) is 0 Å². The van der Waals surface area contributed by atoms with Gasteiger partial charge in [0.05, 0.1) is 6.04 Å². The van der Waals surface area contributed by atoms with Gasteiger partial charge < -0.3 is 15.0 Å². The Morgan fingerprint density at radius 3 is 2.86 bits per heavy atom. The van der Waals surface area contributed by atoms with E-state index in [2.05, 4.69) is 17.2 Å². The lowest BCUT2D eigenvalue weighted by molar-refractivity contribution is -0.0618. The molecule has 2 aliphatic rings. The smallest absolute Gasteiger partial charge is 0.317 e. The van der Waals surface area contributed by atoms with Crippen LogP contribution in [-0.4, -0.2) is 42.2 Å². The predicted octanol–water partition coefficient (Wildman–Crippen LogP) is 2.53. The molecule has 0 saturated carbocycles. The number of nitrogens with one attached hydrogen (secondary N) is 1. The van der Waals surface area contributed by atoms with Crippen molar-refractivity contribution in [2.75, 3.05) is 26.3 Å². The second-order valence-corrected chi connectivity index (χ2v) is 6.57. The molecular formula is C17H25N3O2. The minimum absolute atomic E-state index is 0.0108.